The van der Waals surface area contributed by atoms with E-state index in [2.05, 4.69) is 9.57 Å². The smallest absolute Gasteiger partial charge is 0.335 e. The Morgan fingerprint density at radius 1 is 1.31 bits per heavy atom. The minimum Gasteiger partial charge on any atom is -0.479 e. The van der Waals surface area contributed by atoms with Crippen LogP contribution < -0.4 is 0 Å². The highest BCUT2D eigenvalue weighted by Gasteiger charge is 2.48. The van der Waals surface area contributed by atoms with Crippen molar-refractivity contribution in [3.05, 3.63) is 10.1 Å². The highest BCUT2D eigenvalue weighted by atomic mass is 17.0. The van der Waals surface area contributed by atoms with Crippen LogP contribution in [0.2, 0.25) is 0 Å². The second-order valence-corrected chi connectivity index (χ2v) is 3.06. The lowest BCUT2D eigenvalue weighted by Gasteiger charge is -2.37. The van der Waals surface area contributed by atoms with Crippen molar-refractivity contribution in [2.75, 3.05) is 0 Å². The first kappa shape index (κ1) is 12.6. The van der Waals surface area contributed by atoms with Crippen molar-refractivity contribution in [2.24, 2.45) is 0 Å². The molecule has 0 radical (unpaired) electrons. The van der Waals surface area contributed by atoms with Crippen LogP contribution in [0.1, 0.15) is 0 Å². The molecule has 0 unspecified atom stereocenters. The monoisotopic (exact) mass is 239 g/mol. The molecule has 1 rings (SSSR count). The second-order valence-electron chi connectivity index (χ2n) is 3.06. The van der Waals surface area contributed by atoms with Gasteiger partial charge in [-0.1, -0.05) is 0 Å². The van der Waals surface area contributed by atoms with Crippen molar-refractivity contribution >= 4 is 5.97 Å². The predicted octanol–water partition coefficient (Wildman–Crippen LogP) is -2.91. The maximum atomic E-state index is 10.5. The van der Waals surface area contributed by atoms with Crippen LogP contribution in [0.3, 0.4) is 0 Å². The largest absolute Gasteiger partial charge is 0.479 e. The fourth-order valence-electron chi connectivity index (χ4n) is 1.27. The molecule has 0 amide bonds. The minimum absolute atomic E-state index is 1.30. The highest BCUT2D eigenvalue weighted by molar-refractivity contribution is 5.73. The Bertz CT molecular complexity index is 294. The molecular formula is C6H9NO9. The Labute approximate surface area is 87.7 Å². The zero-order valence-corrected chi connectivity index (χ0v) is 7.66. The average molecular weight is 239 g/mol. The maximum Gasteiger partial charge on any atom is 0.335 e. The average Bonchev–Trinajstić information content (AvgIpc) is 2.17. The normalized spacial score (nSPS) is 39.1. The Morgan fingerprint density at radius 3 is 2.31 bits per heavy atom. The van der Waals surface area contributed by atoms with Crippen LogP contribution in [-0.4, -0.2) is 62.2 Å². The maximum absolute atomic E-state index is 10.5. The van der Waals surface area contributed by atoms with Gasteiger partial charge in [0.2, 0.25) is 0 Å². The van der Waals surface area contributed by atoms with E-state index in [9.17, 15) is 25.1 Å². The molecular weight excluding hydrogens is 230 g/mol. The molecule has 1 aliphatic heterocycles. The van der Waals surface area contributed by atoms with Crippen molar-refractivity contribution in [1.29, 1.82) is 0 Å². The SMILES string of the molecule is O=C(O)[C@H]1O[C@H](O)[C@H](O[N+](=O)[O-])[C@@H](O)[C@H]1O. The van der Waals surface area contributed by atoms with Gasteiger partial charge in [-0.3, -0.25) is 0 Å². The molecule has 0 bridgehead atoms. The molecule has 1 fully saturated rings. The number of aliphatic hydroxyl groups is 3. The van der Waals surface area contributed by atoms with Gasteiger partial charge in [0.05, 0.1) is 0 Å². The summed E-state index contributed by atoms with van der Waals surface area (Å²) in [5.41, 5.74) is 0. The van der Waals surface area contributed by atoms with E-state index in [0.717, 1.165) is 0 Å². The fourth-order valence-corrected chi connectivity index (χ4v) is 1.27. The van der Waals surface area contributed by atoms with Gasteiger partial charge in [0, 0.05) is 0 Å². The summed E-state index contributed by atoms with van der Waals surface area (Å²) in [5.74, 6) is -1.62. The Kier molecular flexibility index (Phi) is 3.59. The molecule has 1 heterocycles. The molecule has 0 saturated carbocycles. The van der Waals surface area contributed by atoms with Gasteiger partial charge in [0.15, 0.2) is 18.5 Å². The van der Waals surface area contributed by atoms with Gasteiger partial charge < -0.3 is 30.0 Å². The minimum atomic E-state index is -2.02. The third-order valence-electron chi connectivity index (χ3n) is 2.01. The van der Waals surface area contributed by atoms with Crippen molar-refractivity contribution in [1.82, 2.24) is 0 Å². The number of carboxylic acids is 1. The van der Waals surface area contributed by atoms with Gasteiger partial charge in [-0.2, -0.15) is 0 Å². The van der Waals surface area contributed by atoms with Crippen molar-refractivity contribution < 1.29 is 39.9 Å². The molecule has 0 aliphatic carbocycles. The number of hydrogen-bond donors (Lipinski definition) is 4. The van der Waals surface area contributed by atoms with Crippen molar-refractivity contribution in [3.8, 4) is 0 Å². The van der Waals surface area contributed by atoms with Crippen LogP contribution in [0.25, 0.3) is 0 Å². The van der Waals surface area contributed by atoms with E-state index in [4.69, 9.17) is 10.2 Å². The van der Waals surface area contributed by atoms with Crippen LogP contribution >= 0.6 is 0 Å². The van der Waals surface area contributed by atoms with E-state index < -0.39 is 41.8 Å². The molecule has 0 aromatic carbocycles. The second kappa shape index (κ2) is 4.57. The summed E-state index contributed by atoms with van der Waals surface area (Å²) < 4.78 is 4.36. The molecule has 5 atom stereocenters. The quantitative estimate of drug-likeness (QED) is 0.299. The number of hydrogen-bond acceptors (Lipinski definition) is 8. The van der Waals surface area contributed by atoms with Crippen LogP contribution in [0.5, 0.6) is 0 Å². The van der Waals surface area contributed by atoms with Gasteiger partial charge in [0.25, 0.3) is 5.09 Å². The predicted molar refractivity (Wildman–Crippen MR) is 42.4 cm³/mol. The fraction of sp³-hybridized carbons (Fsp3) is 0.833. The lowest BCUT2D eigenvalue weighted by molar-refractivity contribution is -0.776. The van der Waals surface area contributed by atoms with Crippen LogP contribution in [0.15, 0.2) is 0 Å². The molecule has 10 nitrogen and oxygen atoms in total. The van der Waals surface area contributed by atoms with Gasteiger partial charge in [0.1, 0.15) is 12.2 Å². The first-order chi connectivity index (χ1) is 7.34. The Morgan fingerprint density at radius 2 is 1.88 bits per heavy atom. The number of ether oxygens (including phenoxy) is 1. The molecule has 1 aliphatic rings. The van der Waals surface area contributed by atoms with Gasteiger partial charge >= 0.3 is 5.97 Å². The molecule has 4 N–H and O–H groups in total. The number of carbonyl (C=O) groups is 1. The summed E-state index contributed by atoms with van der Waals surface area (Å²) in [6.45, 7) is 0. The number of aliphatic hydroxyl groups excluding tert-OH is 3. The van der Waals surface area contributed by atoms with E-state index >= 15 is 0 Å². The summed E-state index contributed by atoms with van der Waals surface area (Å²) in [6, 6.07) is 0. The van der Waals surface area contributed by atoms with Gasteiger partial charge in [-0.05, 0) is 0 Å². The van der Waals surface area contributed by atoms with E-state index in [1.54, 1.807) is 0 Å². The number of rotatable bonds is 3. The van der Waals surface area contributed by atoms with Crippen molar-refractivity contribution in [3.63, 3.8) is 0 Å². The summed E-state index contributed by atoms with van der Waals surface area (Å²) in [7, 11) is 0. The molecule has 1 saturated heterocycles. The molecule has 0 aromatic rings. The lowest BCUT2D eigenvalue weighted by atomic mass is 9.99. The van der Waals surface area contributed by atoms with Crippen molar-refractivity contribution in [2.45, 2.75) is 30.7 Å². The number of carboxylic acid groups (broad SMARTS) is 1. The van der Waals surface area contributed by atoms with Gasteiger partial charge in [-0.15, -0.1) is 10.1 Å². The zero-order chi connectivity index (χ0) is 12.5. The number of aliphatic carboxylic acids is 1. The standard InChI is InChI=1S/C6H9NO9/c8-1-2(9)4(16-7(13)14)6(12)15-3(1)5(10)11/h1-4,6,8-9,12H,(H,10,11)/t1-,2+,3+,4-,6+/m1/s1. The number of nitrogens with zero attached hydrogens (tertiary/aromatic N) is 1. The van der Waals surface area contributed by atoms with Gasteiger partial charge in [-0.25, -0.2) is 4.79 Å². The van der Waals surface area contributed by atoms with E-state index in [1.165, 1.54) is 0 Å². The van der Waals surface area contributed by atoms with Crippen LogP contribution in [0, 0.1) is 10.1 Å². The topological polar surface area (TPSA) is 160 Å². The summed E-state index contributed by atoms with van der Waals surface area (Å²) in [6.07, 6.45) is -9.65. The Hall–Kier alpha value is -1.49. The van der Waals surface area contributed by atoms with E-state index in [-0.39, 0.29) is 0 Å². The third-order valence-corrected chi connectivity index (χ3v) is 2.01. The summed E-state index contributed by atoms with van der Waals surface area (Å²) >= 11 is 0. The molecule has 0 spiro atoms. The first-order valence-electron chi connectivity index (χ1n) is 4.08. The Balaban J connectivity index is 2.79. The molecule has 10 heteroatoms. The summed E-state index contributed by atoms with van der Waals surface area (Å²) in [5, 5.41) is 44.9. The molecule has 92 valence electrons. The third kappa shape index (κ3) is 2.36. The highest BCUT2D eigenvalue weighted by Crippen LogP contribution is 2.22. The lowest BCUT2D eigenvalue weighted by Crippen LogP contribution is -2.60. The van der Waals surface area contributed by atoms with E-state index in [0.29, 0.717) is 0 Å². The van der Waals surface area contributed by atoms with Crippen LogP contribution in [0.4, 0.5) is 0 Å². The zero-order valence-electron chi connectivity index (χ0n) is 7.66. The first-order valence-corrected chi connectivity index (χ1v) is 4.08. The summed E-state index contributed by atoms with van der Waals surface area (Å²) in [4.78, 5) is 24.3. The molecule has 0 aromatic heterocycles. The van der Waals surface area contributed by atoms with E-state index in [1.807, 2.05) is 0 Å². The molecule has 16 heavy (non-hydrogen) atoms. The van der Waals surface area contributed by atoms with Crippen LogP contribution in [-0.2, 0) is 14.4 Å².